The van der Waals surface area contributed by atoms with Gasteiger partial charge in [0.25, 0.3) is 0 Å². The van der Waals surface area contributed by atoms with Gasteiger partial charge in [0.15, 0.2) is 0 Å². The zero-order valence-electron chi connectivity index (χ0n) is 25.1. The molecular weight excluding hydrogens is 560 g/mol. The van der Waals surface area contributed by atoms with E-state index in [9.17, 15) is 0 Å². The van der Waals surface area contributed by atoms with E-state index in [4.69, 9.17) is 9.97 Å². The Morgan fingerprint density at radius 3 is 2.00 bits per heavy atom. The molecule has 0 saturated heterocycles. The van der Waals surface area contributed by atoms with Crippen molar-refractivity contribution >= 4 is 62.0 Å². The van der Waals surface area contributed by atoms with E-state index < -0.39 is 0 Å². The first-order chi connectivity index (χ1) is 22.7. The van der Waals surface area contributed by atoms with Crippen LogP contribution in [0.2, 0.25) is 0 Å². The Kier molecular flexibility index (Phi) is 5.77. The molecule has 0 bridgehead atoms. The van der Waals surface area contributed by atoms with Crippen molar-refractivity contribution in [3.63, 3.8) is 0 Å². The average Bonchev–Trinajstić information content (AvgIpc) is 3.69. The Labute approximate surface area is 265 Å². The number of para-hydroxylation sites is 5. The van der Waals surface area contributed by atoms with Crippen LogP contribution in [0.5, 0.6) is 0 Å². The fourth-order valence-corrected chi connectivity index (χ4v) is 6.87. The molecule has 46 heavy (non-hydrogen) atoms. The SMILES string of the molecule is C=C/C=c1\c(=C)ccc2c3ccc(-c4ccc(-c5nc6ccccc6n5-c5ccccc5)cc4)cc3n3c4ccccc4nc3c12. The number of allylic oxidation sites excluding steroid dienone is 1. The first-order valence-corrected chi connectivity index (χ1v) is 15.4. The van der Waals surface area contributed by atoms with E-state index in [-0.39, 0.29) is 0 Å². The van der Waals surface area contributed by atoms with Gasteiger partial charge in [-0.25, -0.2) is 9.97 Å². The number of nitrogens with zero attached hydrogens (tertiary/aromatic N) is 4. The Morgan fingerprint density at radius 2 is 1.22 bits per heavy atom. The van der Waals surface area contributed by atoms with Gasteiger partial charge >= 0.3 is 0 Å². The molecule has 0 spiro atoms. The first kappa shape index (κ1) is 26.2. The second kappa shape index (κ2) is 10.1. The van der Waals surface area contributed by atoms with Crippen LogP contribution in [-0.4, -0.2) is 18.9 Å². The quantitative estimate of drug-likeness (QED) is 0.193. The van der Waals surface area contributed by atoms with Crippen molar-refractivity contribution in [1.82, 2.24) is 18.9 Å². The van der Waals surface area contributed by atoms with Crippen molar-refractivity contribution in [2.45, 2.75) is 0 Å². The summed E-state index contributed by atoms with van der Waals surface area (Å²) >= 11 is 0. The van der Waals surface area contributed by atoms with Gasteiger partial charge in [-0.3, -0.25) is 8.97 Å². The van der Waals surface area contributed by atoms with Crippen LogP contribution in [0.15, 0.2) is 146 Å². The predicted octanol–water partition coefficient (Wildman–Crippen LogP) is 8.84. The molecule has 0 aliphatic rings. The summed E-state index contributed by atoms with van der Waals surface area (Å²) in [5.41, 5.74) is 10.6. The fourth-order valence-electron chi connectivity index (χ4n) is 6.87. The average molecular weight is 589 g/mol. The summed E-state index contributed by atoms with van der Waals surface area (Å²) in [4.78, 5) is 10.2. The minimum Gasteiger partial charge on any atom is -0.292 e. The molecule has 0 radical (unpaired) electrons. The number of rotatable bonds is 4. The van der Waals surface area contributed by atoms with E-state index in [1.165, 1.54) is 5.39 Å². The van der Waals surface area contributed by atoms with Crippen molar-refractivity contribution in [1.29, 1.82) is 0 Å². The van der Waals surface area contributed by atoms with Crippen molar-refractivity contribution in [2.75, 3.05) is 0 Å². The lowest BCUT2D eigenvalue weighted by Gasteiger charge is -2.13. The van der Waals surface area contributed by atoms with Crippen LogP contribution in [0.1, 0.15) is 0 Å². The molecule has 0 saturated carbocycles. The molecular formula is C42H28N4. The summed E-state index contributed by atoms with van der Waals surface area (Å²) in [6.07, 6.45) is 3.87. The largest absolute Gasteiger partial charge is 0.292 e. The summed E-state index contributed by atoms with van der Waals surface area (Å²) in [5.74, 6) is 0.924. The molecule has 0 aliphatic carbocycles. The van der Waals surface area contributed by atoms with E-state index in [2.05, 4.69) is 137 Å². The van der Waals surface area contributed by atoms with Crippen LogP contribution >= 0.6 is 0 Å². The Hall–Kier alpha value is -6.26. The summed E-state index contributed by atoms with van der Waals surface area (Å²) in [5, 5.41) is 5.42. The smallest absolute Gasteiger partial charge is 0.147 e. The zero-order chi connectivity index (χ0) is 30.8. The van der Waals surface area contributed by atoms with Crippen molar-refractivity contribution in [3.8, 4) is 28.2 Å². The number of benzene rings is 6. The molecule has 0 atom stereocenters. The van der Waals surface area contributed by atoms with E-state index in [1.807, 2.05) is 30.4 Å². The summed E-state index contributed by atoms with van der Waals surface area (Å²) in [6, 6.07) is 46.8. The lowest BCUT2D eigenvalue weighted by molar-refractivity contribution is 1.10. The summed E-state index contributed by atoms with van der Waals surface area (Å²) < 4.78 is 4.54. The summed E-state index contributed by atoms with van der Waals surface area (Å²) in [6.45, 7) is 8.30. The second-order valence-electron chi connectivity index (χ2n) is 11.6. The minimum absolute atomic E-state index is 0.924. The molecule has 216 valence electrons. The van der Waals surface area contributed by atoms with Crippen LogP contribution < -0.4 is 10.4 Å². The molecule has 0 fully saturated rings. The number of fused-ring (bicyclic) bond motifs is 9. The van der Waals surface area contributed by atoms with Crippen LogP contribution in [-0.2, 0) is 0 Å². The van der Waals surface area contributed by atoms with Crippen LogP contribution in [0, 0.1) is 0 Å². The van der Waals surface area contributed by atoms with Gasteiger partial charge in [0, 0.05) is 22.0 Å². The second-order valence-corrected chi connectivity index (χ2v) is 11.6. The maximum Gasteiger partial charge on any atom is 0.147 e. The molecule has 0 unspecified atom stereocenters. The van der Waals surface area contributed by atoms with E-state index in [0.717, 1.165) is 82.6 Å². The normalized spacial score (nSPS) is 12.2. The van der Waals surface area contributed by atoms with Gasteiger partial charge < -0.3 is 0 Å². The molecule has 3 aromatic heterocycles. The molecule has 0 aliphatic heterocycles. The molecule has 0 N–H and O–H groups in total. The maximum absolute atomic E-state index is 5.15. The third-order valence-electron chi connectivity index (χ3n) is 8.99. The molecule has 3 heterocycles. The molecule has 6 aromatic carbocycles. The Morgan fingerprint density at radius 1 is 0.565 bits per heavy atom. The highest BCUT2D eigenvalue weighted by molar-refractivity contribution is 6.14. The van der Waals surface area contributed by atoms with Crippen molar-refractivity contribution in [2.24, 2.45) is 0 Å². The van der Waals surface area contributed by atoms with E-state index in [1.54, 1.807) is 0 Å². The first-order valence-electron chi connectivity index (χ1n) is 15.4. The molecule has 4 heteroatoms. The lowest BCUT2D eigenvalue weighted by atomic mass is 9.98. The van der Waals surface area contributed by atoms with Gasteiger partial charge in [-0.2, -0.15) is 0 Å². The van der Waals surface area contributed by atoms with Gasteiger partial charge in [-0.1, -0.05) is 116 Å². The van der Waals surface area contributed by atoms with Crippen molar-refractivity contribution < 1.29 is 0 Å². The third-order valence-corrected chi connectivity index (χ3v) is 8.99. The molecule has 9 rings (SSSR count). The van der Waals surface area contributed by atoms with Gasteiger partial charge in [-0.05, 0) is 69.4 Å². The topological polar surface area (TPSA) is 35.1 Å². The molecule has 4 nitrogen and oxygen atoms in total. The number of hydrogen-bond donors (Lipinski definition) is 0. The molecule has 0 amide bonds. The standard InChI is InChI=1S/C42H28N4/c1-3-11-32-27(2)18-24-34-33-25-23-30(26-39(33)46-38-17-10-8-15-36(38)44-42(46)40(32)34)28-19-21-29(22-20-28)41-43-35-14-7-9-16-37(35)45(41)31-12-5-4-6-13-31/h3-26H,1-2H2/b32-11+. The van der Waals surface area contributed by atoms with Gasteiger partial charge in [0.2, 0.25) is 0 Å². The maximum atomic E-state index is 5.15. The van der Waals surface area contributed by atoms with Crippen molar-refractivity contribution in [3.05, 3.63) is 157 Å². The van der Waals surface area contributed by atoms with Gasteiger partial charge in [-0.15, -0.1) is 0 Å². The van der Waals surface area contributed by atoms with E-state index in [0.29, 0.717) is 0 Å². The number of hydrogen-bond acceptors (Lipinski definition) is 2. The monoisotopic (exact) mass is 588 g/mol. The minimum atomic E-state index is 0.924. The van der Waals surface area contributed by atoms with Gasteiger partial charge in [0.05, 0.1) is 27.6 Å². The fraction of sp³-hybridized carbons (Fsp3) is 0. The van der Waals surface area contributed by atoms with Crippen LogP contribution in [0.3, 0.4) is 0 Å². The number of pyridine rings is 1. The predicted molar refractivity (Wildman–Crippen MR) is 193 cm³/mol. The van der Waals surface area contributed by atoms with E-state index >= 15 is 0 Å². The zero-order valence-corrected chi connectivity index (χ0v) is 25.1. The molecule has 9 aromatic rings. The number of aromatic nitrogens is 4. The number of imidazole rings is 2. The van der Waals surface area contributed by atoms with Crippen LogP contribution in [0.25, 0.3) is 90.2 Å². The Bertz CT molecular complexity index is 2770. The Balaban J connectivity index is 1.25. The highest BCUT2D eigenvalue weighted by atomic mass is 15.1. The van der Waals surface area contributed by atoms with Crippen LogP contribution in [0.4, 0.5) is 0 Å². The van der Waals surface area contributed by atoms with Gasteiger partial charge in [0.1, 0.15) is 11.5 Å². The lowest BCUT2D eigenvalue weighted by Crippen LogP contribution is -2.24. The third kappa shape index (κ3) is 3.87. The summed E-state index contributed by atoms with van der Waals surface area (Å²) in [7, 11) is 0. The highest BCUT2D eigenvalue weighted by Crippen LogP contribution is 2.35. The highest BCUT2D eigenvalue weighted by Gasteiger charge is 2.17.